The van der Waals surface area contributed by atoms with Crippen molar-refractivity contribution in [1.29, 1.82) is 0 Å². The van der Waals surface area contributed by atoms with Gasteiger partial charge in [-0.3, -0.25) is 5.10 Å². The SMILES string of the molecule is Cc1cc(-c2n[nH]c(=S)n2/N=C/c2cccc(F)c2)n[nH]1. The third kappa shape index (κ3) is 2.79. The van der Waals surface area contributed by atoms with Gasteiger partial charge in [0.15, 0.2) is 0 Å². The maximum Gasteiger partial charge on any atom is 0.216 e. The molecule has 2 heterocycles. The van der Waals surface area contributed by atoms with Crippen molar-refractivity contribution in [2.45, 2.75) is 6.92 Å². The van der Waals surface area contributed by atoms with Gasteiger partial charge in [0.1, 0.15) is 11.5 Å². The largest absolute Gasteiger partial charge is 0.282 e. The normalized spacial score (nSPS) is 11.3. The molecule has 1 aromatic carbocycles. The summed E-state index contributed by atoms with van der Waals surface area (Å²) in [6.45, 7) is 1.89. The van der Waals surface area contributed by atoms with Crippen molar-refractivity contribution in [3.05, 3.63) is 52.2 Å². The molecular weight excluding hydrogens is 291 g/mol. The van der Waals surface area contributed by atoms with Crippen molar-refractivity contribution >= 4 is 18.4 Å². The van der Waals surface area contributed by atoms with E-state index in [9.17, 15) is 4.39 Å². The average molecular weight is 302 g/mol. The summed E-state index contributed by atoms with van der Waals surface area (Å²) in [5.41, 5.74) is 2.15. The van der Waals surface area contributed by atoms with E-state index in [0.29, 0.717) is 21.9 Å². The van der Waals surface area contributed by atoms with Crippen LogP contribution in [0, 0.1) is 17.5 Å². The first-order valence-corrected chi connectivity index (χ1v) is 6.54. The van der Waals surface area contributed by atoms with Crippen molar-refractivity contribution in [2.24, 2.45) is 5.10 Å². The number of nitrogens with one attached hydrogen (secondary N) is 2. The summed E-state index contributed by atoms with van der Waals surface area (Å²) in [5.74, 6) is 0.162. The zero-order valence-corrected chi connectivity index (χ0v) is 11.9. The van der Waals surface area contributed by atoms with Crippen LogP contribution in [0.25, 0.3) is 11.5 Å². The van der Waals surface area contributed by atoms with Crippen LogP contribution in [0.2, 0.25) is 0 Å². The maximum absolute atomic E-state index is 13.1. The van der Waals surface area contributed by atoms with Crippen LogP contribution >= 0.6 is 12.2 Å². The van der Waals surface area contributed by atoms with Crippen molar-refractivity contribution in [3.63, 3.8) is 0 Å². The van der Waals surface area contributed by atoms with Gasteiger partial charge in [0.2, 0.25) is 10.6 Å². The van der Waals surface area contributed by atoms with Gasteiger partial charge in [-0.25, -0.2) is 9.49 Å². The van der Waals surface area contributed by atoms with Crippen LogP contribution in [-0.2, 0) is 0 Å². The molecular formula is C13H11FN6S. The van der Waals surface area contributed by atoms with Gasteiger partial charge in [-0.15, -0.1) is 0 Å². The maximum atomic E-state index is 13.1. The predicted octanol–water partition coefficient (Wildman–Crippen LogP) is 2.66. The number of hydrogen-bond acceptors (Lipinski definition) is 4. The summed E-state index contributed by atoms with van der Waals surface area (Å²) < 4.78 is 14.9. The van der Waals surface area contributed by atoms with E-state index in [-0.39, 0.29) is 5.82 Å². The number of aromatic amines is 2. The molecule has 0 bridgehead atoms. The number of halogens is 1. The van der Waals surface area contributed by atoms with Crippen LogP contribution in [0.15, 0.2) is 35.4 Å². The number of rotatable bonds is 3. The van der Waals surface area contributed by atoms with E-state index in [1.54, 1.807) is 12.1 Å². The fraction of sp³-hybridized carbons (Fsp3) is 0.0769. The standard InChI is InChI=1S/C13H11FN6S/c1-8-5-11(17-16-8)12-18-19-13(21)20(12)15-7-9-3-2-4-10(14)6-9/h2-7H,1H3,(H,16,17)(H,19,21)/b15-7+. The molecule has 2 aromatic heterocycles. The van der Waals surface area contributed by atoms with Crippen LogP contribution in [-0.4, -0.2) is 31.3 Å². The fourth-order valence-corrected chi connectivity index (χ4v) is 1.99. The van der Waals surface area contributed by atoms with E-state index in [4.69, 9.17) is 12.2 Å². The lowest BCUT2D eigenvalue weighted by atomic mass is 10.2. The minimum atomic E-state index is -0.321. The Hall–Kier alpha value is -2.61. The second kappa shape index (κ2) is 5.41. The number of hydrogen-bond donors (Lipinski definition) is 2. The van der Waals surface area contributed by atoms with Gasteiger partial charge in [-0.05, 0) is 42.9 Å². The molecule has 0 aliphatic rings. The monoisotopic (exact) mass is 302 g/mol. The summed E-state index contributed by atoms with van der Waals surface area (Å²) in [6, 6.07) is 7.95. The quantitative estimate of drug-likeness (QED) is 0.577. The van der Waals surface area contributed by atoms with Crippen LogP contribution in [0.4, 0.5) is 4.39 Å². The molecule has 0 aliphatic heterocycles. The number of benzene rings is 1. The van der Waals surface area contributed by atoms with Crippen molar-refractivity contribution in [1.82, 2.24) is 25.1 Å². The Kier molecular flexibility index (Phi) is 3.44. The molecule has 0 fully saturated rings. The molecule has 0 spiro atoms. The molecule has 0 radical (unpaired) electrons. The van der Waals surface area contributed by atoms with Crippen molar-refractivity contribution in [2.75, 3.05) is 0 Å². The van der Waals surface area contributed by atoms with E-state index in [2.05, 4.69) is 25.5 Å². The Morgan fingerprint density at radius 2 is 2.14 bits per heavy atom. The summed E-state index contributed by atoms with van der Waals surface area (Å²) in [5, 5.41) is 18.0. The number of H-pyrrole nitrogens is 2. The summed E-state index contributed by atoms with van der Waals surface area (Å²) >= 11 is 5.14. The molecule has 3 aromatic rings. The van der Waals surface area contributed by atoms with Gasteiger partial charge in [0.25, 0.3) is 0 Å². The van der Waals surface area contributed by atoms with Crippen molar-refractivity contribution < 1.29 is 4.39 Å². The Morgan fingerprint density at radius 1 is 1.29 bits per heavy atom. The van der Waals surface area contributed by atoms with E-state index in [1.165, 1.54) is 23.0 Å². The topological polar surface area (TPSA) is 74.7 Å². The zero-order valence-electron chi connectivity index (χ0n) is 11.0. The highest BCUT2D eigenvalue weighted by Gasteiger charge is 2.10. The number of nitrogens with zero attached hydrogens (tertiary/aromatic N) is 4. The van der Waals surface area contributed by atoms with Gasteiger partial charge in [-0.1, -0.05) is 12.1 Å². The molecule has 0 saturated heterocycles. The molecule has 3 rings (SSSR count). The molecule has 0 atom stereocenters. The molecule has 0 saturated carbocycles. The third-order valence-electron chi connectivity index (χ3n) is 2.76. The van der Waals surface area contributed by atoms with Gasteiger partial charge in [0.05, 0.1) is 6.21 Å². The third-order valence-corrected chi connectivity index (χ3v) is 3.02. The Labute approximate surface area is 124 Å². The first-order valence-electron chi connectivity index (χ1n) is 6.13. The average Bonchev–Trinajstić information content (AvgIpc) is 3.03. The zero-order chi connectivity index (χ0) is 14.8. The van der Waals surface area contributed by atoms with Gasteiger partial charge in [0, 0.05) is 5.69 Å². The molecule has 6 nitrogen and oxygen atoms in total. The smallest absolute Gasteiger partial charge is 0.216 e. The van der Waals surface area contributed by atoms with E-state index in [1.807, 2.05) is 13.0 Å². The van der Waals surface area contributed by atoms with Gasteiger partial charge in [-0.2, -0.15) is 20.0 Å². The highest BCUT2D eigenvalue weighted by Crippen LogP contribution is 2.15. The number of aromatic nitrogens is 5. The van der Waals surface area contributed by atoms with E-state index < -0.39 is 0 Å². The first-order chi connectivity index (χ1) is 10.1. The predicted molar refractivity (Wildman–Crippen MR) is 79.1 cm³/mol. The highest BCUT2D eigenvalue weighted by atomic mass is 32.1. The minimum Gasteiger partial charge on any atom is -0.282 e. The second-order valence-corrected chi connectivity index (χ2v) is 4.79. The highest BCUT2D eigenvalue weighted by molar-refractivity contribution is 7.71. The van der Waals surface area contributed by atoms with E-state index in [0.717, 1.165) is 5.69 Å². The molecule has 2 N–H and O–H groups in total. The summed E-state index contributed by atoms with van der Waals surface area (Å²) in [4.78, 5) is 0. The lowest BCUT2D eigenvalue weighted by Gasteiger charge is -1.97. The van der Waals surface area contributed by atoms with Crippen LogP contribution in [0.5, 0.6) is 0 Å². The fourth-order valence-electron chi connectivity index (χ4n) is 1.81. The summed E-state index contributed by atoms with van der Waals surface area (Å²) in [7, 11) is 0. The summed E-state index contributed by atoms with van der Waals surface area (Å²) in [6.07, 6.45) is 1.51. The van der Waals surface area contributed by atoms with E-state index >= 15 is 0 Å². The Bertz CT molecular complexity index is 859. The molecule has 8 heteroatoms. The van der Waals surface area contributed by atoms with Crippen LogP contribution in [0.1, 0.15) is 11.3 Å². The second-order valence-electron chi connectivity index (χ2n) is 4.40. The Morgan fingerprint density at radius 3 is 2.86 bits per heavy atom. The molecule has 0 unspecified atom stereocenters. The van der Waals surface area contributed by atoms with Gasteiger partial charge >= 0.3 is 0 Å². The van der Waals surface area contributed by atoms with Crippen LogP contribution < -0.4 is 0 Å². The molecule has 21 heavy (non-hydrogen) atoms. The minimum absolute atomic E-state index is 0.321. The molecule has 106 valence electrons. The Balaban J connectivity index is 1.99. The molecule has 0 amide bonds. The molecule has 0 aliphatic carbocycles. The number of aryl methyl sites for hydroxylation is 1. The first kappa shape index (κ1) is 13.4. The van der Waals surface area contributed by atoms with Gasteiger partial charge < -0.3 is 0 Å². The van der Waals surface area contributed by atoms with Crippen LogP contribution in [0.3, 0.4) is 0 Å². The van der Waals surface area contributed by atoms with Crippen molar-refractivity contribution in [3.8, 4) is 11.5 Å². The lowest BCUT2D eigenvalue weighted by molar-refractivity contribution is 0.627. The lowest BCUT2D eigenvalue weighted by Crippen LogP contribution is -1.95.